The summed E-state index contributed by atoms with van der Waals surface area (Å²) in [4.78, 5) is 4.59. The Morgan fingerprint density at radius 2 is 2.20 bits per heavy atom. The molecule has 1 atom stereocenters. The molecule has 0 spiro atoms. The summed E-state index contributed by atoms with van der Waals surface area (Å²) in [5, 5.41) is 3.51. The van der Waals surface area contributed by atoms with Crippen LogP contribution in [0.25, 0.3) is 0 Å². The van der Waals surface area contributed by atoms with Gasteiger partial charge in [0.05, 0.1) is 11.7 Å². The molecule has 0 saturated carbocycles. The van der Waals surface area contributed by atoms with E-state index in [0.717, 1.165) is 22.7 Å². The molecule has 108 valence electrons. The van der Waals surface area contributed by atoms with Gasteiger partial charge >= 0.3 is 0 Å². The first kappa shape index (κ1) is 15.1. The minimum Gasteiger partial charge on any atom is -0.349 e. The fraction of sp³-hybridized carbons (Fsp3) is 0.438. The van der Waals surface area contributed by atoms with Crippen LogP contribution in [-0.4, -0.2) is 9.55 Å². The third-order valence-electron chi connectivity index (χ3n) is 3.34. The minimum absolute atomic E-state index is 0.231. The lowest BCUT2D eigenvalue weighted by Gasteiger charge is -2.16. The highest BCUT2D eigenvalue weighted by atomic mass is 79.9. The number of unbranched alkanes of at least 4 members (excludes halogenated alkanes) is 1. The fourth-order valence-electron chi connectivity index (χ4n) is 2.21. The van der Waals surface area contributed by atoms with Crippen molar-refractivity contribution >= 4 is 21.9 Å². The molecule has 0 bridgehead atoms. The zero-order valence-electron chi connectivity index (χ0n) is 12.4. The highest BCUT2D eigenvalue weighted by Gasteiger charge is 2.10. The van der Waals surface area contributed by atoms with Crippen LogP contribution in [-0.2, 0) is 6.54 Å². The molecule has 1 unspecified atom stereocenters. The van der Waals surface area contributed by atoms with Crippen molar-refractivity contribution in [2.24, 2.45) is 0 Å². The Balaban J connectivity index is 2.12. The number of hydrogen-bond acceptors (Lipinski definition) is 2. The molecule has 0 aliphatic rings. The molecule has 0 radical (unpaired) electrons. The van der Waals surface area contributed by atoms with E-state index in [1.807, 2.05) is 13.0 Å². The lowest BCUT2D eigenvalue weighted by molar-refractivity contribution is 0.630. The van der Waals surface area contributed by atoms with E-state index in [1.165, 1.54) is 18.4 Å². The van der Waals surface area contributed by atoms with Crippen molar-refractivity contribution in [3.8, 4) is 0 Å². The van der Waals surface area contributed by atoms with Gasteiger partial charge in [-0.05, 0) is 38.0 Å². The quantitative estimate of drug-likeness (QED) is 0.811. The van der Waals surface area contributed by atoms with E-state index >= 15 is 0 Å². The smallest absolute Gasteiger partial charge is 0.203 e. The molecule has 0 saturated heterocycles. The Labute approximate surface area is 129 Å². The fourth-order valence-corrected chi connectivity index (χ4v) is 2.63. The maximum absolute atomic E-state index is 4.59. The van der Waals surface area contributed by atoms with Crippen molar-refractivity contribution in [1.29, 1.82) is 0 Å². The molecule has 3 nitrogen and oxygen atoms in total. The van der Waals surface area contributed by atoms with Crippen molar-refractivity contribution in [3.63, 3.8) is 0 Å². The van der Waals surface area contributed by atoms with Crippen molar-refractivity contribution in [2.45, 2.75) is 46.2 Å². The Morgan fingerprint density at radius 3 is 2.90 bits per heavy atom. The van der Waals surface area contributed by atoms with Crippen molar-refractivity contribution in [3.05, 3.63) is 46.2 Å². The van der Waals surface area contributed by atoms with Crippen molar-refractivity contribution in [2.75, 3.05) is 5.32 Å². The van der Waals surface area contributed by atoms with Crippen molar-refractivity contribution in [1.82, 2.24) is 9.55 Å². The molecular weight excluding hydrogens is 314 g/mol. The topological polar surface area (TPSA) is 29.9 Å². The summed E-state index contributed by atoms with van der Waals surface area (Å²) in [7, 11) is 0. The van der Waals surface area contributed by atoms with Gasteiger partial charge in [0, 0.05) is 17.2 Å². The molecule has 1 aromatic carbocycles. The molecular formula is C16H22BrN3. The molecule has 0 aliphatic heterocycles. The van der Waals surface area contributed by atoms with Crippen LogP contribution >= 0.6 is 15.9 Å². The first-order valence-corrected chi connectivity index (χ1v) is 7.95. The lowest BCUT2D eigenvalue weighted by atomic mass is 10.1. The number of nitrogens with zero attached hydrogens (tertiary/aromatic N) is 2. The highest BCUT2D eigenvalue weighted by molar-refractivity contribution is 9.10. The van der Waals surface area contributed by atoms with Crippen LogP contribution in [0.5, 0.6) is 0 Å². The molecule has 0 aliphatic carbocycles. The number of nitrogens with one attached hydrogen (secondary N) is 1. The van der Waals surface area contributed by atoms with Crippen LogP contribution in [0.2, 0.25) is 0 Å². The third kappa shape index (κ3) is 3.85. The first-order valence-electron chi connectivity index (χ1n) is 7.16. The monoisotopic (exact) mass is 335 g/mol. The molecule has 2 rings (SSSR count). The summed E-state index contributed by atoms with van der Waals surface area (Å²) in [6.07, 6.45) is 4.49. The Hall–Kier alpha value is -1.29. The number of imidazole rings is 1. The molecule has 0 fully saturated rings. The van der Waals surface area contributed by atoms with Gasteiger partial charge in [-0.3, -0.25) is 0 Å². The van der Waals surface area contributed by atoms with Gasteiger partial charge in [0.15, 0.2) is 0 Å². The predicted octanol–water partition coefficient (Wildman–Crippen LogP) is 4.93. The van der Waals surface area contributed by atoms with Crippen LogP contribution in [0.3, 0.4) is 0 Å². The van der Waals surface area contributed by atoms with E-state index < -0.39 is 0 Å². The first-order chi connectivity index (χ1) is 9.60. The van der Waals surface area contributed by atoms with Gasteiger partial charge < -0.3 is 9.88 Å². The molecule has 20 heavy (non-hydrogen) atoms. The summed E-state index contributed by atoms with van der Waals surface area (Å²) in [5.74, 6) is 0.962. The largest absolute Gasteiger partial charge is 0.349 e. The third-order valence-corrected chi connectivity index (χ3v) is 3.84. The van der Waals surface area contributed by atoms with E-state index in [2.05, 4.69) is 69.0 Å². The van der Waals surface area contributed by atoms with Crippen molar-refractivity contribution < 1.29 is 0 Å². The lowest BCUT2D eigenvalue weighted by Crippen LogP contribution is -2.12. The van der Waals surface area contributed by atoms with Gasteiger partial charge in [0.2, 0.25) is 5.95 Å². The average Bonchev–Trinajstić information content (AvgIpc) is 2.76. The van der Waals surface area contributed by atoms with E-state index in [4.69, 9.17) is 0 Å². The number of benzene rings is 1. The second-order valence-corrected chi connectivity index (χ2v) is 6.09. The maximum Gasteiger partial charge on any atom is 0.203 e. The zero-order valence-corrected chi connectivity index (χ0v) is 13.9. The van der Waals surface area contributed by atoms with Crippen LogP contribution in [0.1, 0.15) is 44.0 Å². The summed E-state index contributed by atoms with van der Waals surface area (Å²) >= 11 is 3.52. The summed E-state index contributed by atoms with van der Waals surface area (Å²) in [5.41, 5.74) is 2.31. The van der Waals surface area contributed by atoms with Gasteiger partial charge in [-0.2, -0.15) is 0 Å². The molecule has 4 heteroatoms. The van der Waals surface area contributed by atoms with Gasteiger partial charge in [-0.15, -0.1) is 0 Å². The summed E-state index contributed by atoms with van der Waals surface area (Å²) in [6.45, 7) is 7.43. The normalized spacial score (nSPS) is 12.4. The molecule has 1 N–H and O–H groups in total. The molecule has 0 amide bonds. The van der Waals surface area contributed by atoms with E-state index in [9.17, 15) is 0 Å². The number of anilines is 1. The van der Waals surface area contributed by atoms with E-state index in [-0.39, 0.29) is 6.04 Å². The van der Waals surface area contributed by atoms with E-state index in [1.54, 1.807) is 0 Å². The van der Waals surface area contributed by atoms with Gasteiger partial charge in [-0.1, -0.05) is 41.4 Å². The molecule has 1 heterocycles. The summed E-state index contributed by atoms with van der Waals surface area (Å²) in [6, 6.07) is 8.61. The molecule has 1 aromatic heterocycles. The van der Waals surface area contributed by atoms with E-state index in [0.29, 0.717) is 0 Å². The second kappa shape index (κ2) is 6.93. The second-order valence-electron chi connectivity index (χ2n) is 5.17. The van der Waals surface area contributed by atoms with Gasteiger partial charge in [-0.25, -0.2) is 4.98 Å². The Bertz CT molecular complexity index is 563. The number of aryl methyl sites for hydroxylation is 2. The Kier molecular flexibility index (Phi) is 5.24. The number of rotatable bonds is 6. The van der Waals surface area contributed by atoms with Gasteiger partial charge in [0.25, 0.3) is 0 Å². The zero-order chi connectivity index (χ0) is 14.5. The minimum atomic E-state index is 0.231. The number of halogens is 1. The SMILES string of the molecule is CCCCn1cc(C)nc1NC(C)c1cccc(Br)c1. The van der Waals surface area contributed by atoms with Crippen LogP contribution in [0.4, 0.5) is 5.95 Å². The highest BCUT2D eigenvalue weighted by Crippen LogP contribution is 2.22. The van der Waals surface area contributed by atoms with Crippen LogP contribution < -0.4 is 5.32 Å². The number of aromatic nitrogens is 2. The molecule has 2 aromatic rings. The average molecular weight is 336 g/mol. The number of hydrogen-bond donors (Lipinski definition) is 1. The predicted molar refractivity (Wildman–Crippen MR) is 88.1 cm³/mol. The summed E-state index contributed by atoms with van der Waals surface area (Å²) < 4.78 is 3.32. The maximum atomic E-state index is 4.59. The van der Waals surface area contributed by atoms with Crippen LogP contribution in [0, 0.1) is 6.92 Å². The van der Waals surface area contributed by atoms with Gasteiger partial charge in [0.1, 0.15) is 0 Å². The van der Waals surface area contributed by atoms with Crippen LogP contribution in [0.15, 0.2) is 34.9 Å². The standard InChI is InChI=1S/C16H22BrN3/c1-4-5-9-20-11-12(2)18-16(20)19-13(3)14-7-6-8-15(17)10-14/h6-8,10-11,13H,4-5,9H2,1-3H3,(H,18,19). The Morgan fingerprint density at radius 1 is 1.40 bits per heavy atom.